The van der Waals surface area contributed by atoms with Crippen molar-refractivity contribution in [3.8, 4) is 22.3 Å². The molecule has 0 amide bonds. The molecule has 0 spiro atoms. The fourth-order valence-electron chi connectivity index (χ4n) is 4.04. The Balaban J connectivity index is 1.46. The van der Waals surface area contributed by atoms with Crippen molar-refractivity contribution in [1.82, 2.24) is 0 Å². The van der Waals surface area contributed by atoms with E-state index in [1.54, 1.807) is 42.5 Å². The summed E-state index contributed by atoms with van der Waals surface area (Å²) in [6.45, 7) is 4.34. The molecule has 33 heavy (non-hydrogen) atoms. The lowest BCUT2D eigenvalue weighted by Gasteiger charge is -2.29. The van der Waals surface area contributed by atoms with E-state index in [0.717, 1.165) is 18.4 Å². The summed E-state index contributed by atoms with van der Waals surface area (Å²) in [6, 6.07) is 15.2. The van der Waals surface area contributed by atoms with E-state index < -0.39 is 11.6 Å². The highest BCUT2D eigenvalue weighted by molar-refractivity contribution is 5.71. The van der Waals surface area contributed by atoms with Gasteiger partial charge in [0.1, 0.15) is 5.82 Å². The van der Waals surface area contributed by atoms with Gasteiger partial charge in [-0.15, -0.1) is 0 Å². The minimum atomic E-state index is -0.862. The molecule has 3 aromatic rings. The van der Waals surface area contributed by atoms with Gasteiger partial charge in [0, 0.05) is 17.9 Å². The average molecular weight is 453 g/mol. The number of hydrogen-bond donors (Lipinski definition) is 0. The quantitative estimate of drug-likeness (QED) is 0.359. The van der Waals surface area contributed by atoms with Crippen LogP contribution in [0.3, 0.4) is 0 Å². The Labute approximate surface area is 192 Å². The maximum absolute atomic E-state index is 14.9. The Kier molecular flexibility index (Phi) is 7.31. The van der Waals surface area contributed by atoms with Gasteiger partial charge in [-0.25, -0.2) is 13.2 Å². The Hall–Kier alpha value is -2.89. The van der Waals surface area contributed by atoms with E-state index in [0.29, 0.717) is 29.9 Å². The molecule has 2 nitrogen and oxygen atoms in total. The Morgan fingerprint density at radius 1 is 0.848 bits per heavy atom. The van der Waals surface area contributed by atoms with Gasteiger partial charge in [-0.3, -0.25) is 0 Å². The third kappa shape index (κ3) is 5.21. The van der Waals surface area contributed by atoms with Crippen molar-refractivity contribution < 1.29 is 22.6 Å². The lowest BCUT2D eigenvalue weighted by atomic mass is 9.95. The van der Waals surface area contributed by atoms with Crippen LogP contribution < -0.4 is 0 Å². The van der Waals surface area contributed by atoms with Crippen molar-refractivity contribution in [3.05, 3.63) is 95.3 Å². The van der Waals surface area contributed by atoms with Gasteiger partial charge in [-0.05, 0) is 54.2 Å². The summed E-state index contributed by atoms with van der Waals surface area (Å²) < 4.78 is 54.7. The second kappa shape index (κ2) is 10.4. The van der Waals surface area contributed by atoms with E-state index in [1.807, 2.05) is 19.1 Å². The summed E-state index contributed by atoms with van der Waals surface area (Å²) in [5.41, 5.74) is 3.10. The first-order chi connectivity index (χ1) is 16.0. The summed E-state index contributed by atoms with van der Waals surface area (Å²) in [4.78, 5) is 0. The first kappa shape index (κ1) is 23.3. The van der Waals surface area contributed by atoms with Crippen LogP contribution in [0.4, 0.5) is 13.2 Å². The highest BCUT2D eigenvalue weighted by Gasteiger charge is 2.25. The summed E-state index contributed by atoms with van der Waals surface area (Å²) in [5.74, 6) is -2.17. The minimum absolute atomic E-state index is 0.154. The van der Waals surface area contributed by atoms with Crippen LogP contribution in [0.15, 0.2) is 66.7 Å². The summed E-state index contributed by atoms with van der Waals surface area (Å²) in [7, 11) is 0. The average Bonchev–Trinajstić information content (AvgIpc) is 2.83. The van der Waals surface area contributed by atoms with Crippen LogP contribution >= 0.6 is 0 Å². The van der Waals surface area contributed by atoms with Gasteiger partial charge in [0.25, 0.3) is 0 Å². The van der Waals surface area contributed by atoms with Crippen molar-refractivity contribution in [3.63, 3.8) is 0 Å². The molecule has 0 saturated carbocycles. The molecule has 0 atom stereocenters. The van der Waals surface area contributed by atoms with Crippen LogP contribution in [0.2, 0.25) is 0 Å². The van der Waals surface area contributed by atoms with Crippen LogP contribution in [0.1, 0.15) is 36.8 Å². The molecule has 1 aliphatic rings. The fourth-order valence-corrected chi connectivity index (χ4v) is 4.04. The van der Waals surface area contributed by atoms with E-state index in [-0.39, 0.29) is 29.2 Å². The fraction of sp³-hybridized carbons (Fsp3) is 0.286. The second-order valence-corrected chi connectivity index (χ2v) is 8.31. The van der Waals surface area contributed by atoms with Crippen molar-refractivity contribution in [1.29, 1.82) is 0 Å². The van der Waals surface area contributed by atoms with Crippen molar-refractivity contribution in [2.75, 3.05) is 13.2 Å². The van der Waals surface area contributed by atoms with E-state index in [1.165, 1.54) is 13.0 Å². The van der Waals surface area contributed by atoms with Crippen molar-refractivity contribution in [2.45, 2.75) is 38.9 Å². The highest BCUT2D eigenvalue weighted by Crippen LogP contribution is 2.31. The van der Waals surface area contributed by atoms with E-state index in [2.05, 4.69) is 6.08 Å². The molecule has 0 bridgehead atoms. The zero-order chi connectivity index (χ0) is 23.4. The number of allylic oxidation sites excluding steroid dienone is 2. The SMILES string of the molecule is CC=CCCC1OCC(c2ccc(-c3ccc(-c4ccc(C)c(F)c4F)cc3)cc2F)CO1. The minimum Gasteiger partial charge on any atom is -0.352 e. The number of benzene rings is 3. The van der Waals surface area contributed by atoms with Crippen LogP contribution in [0.25, 0.3) is 22.3 Å². The molecule has 1 fully saturated rings. The predicted octanol–water partition coefficient (Wildman–Crippen LogP) is 7.56. The molecule has 172 valence electrons. The number of rotatable bonds is 6. The lowest BCUT2D eigenvalue weighted by Crippen LogP contribution is -2.31. The zero-order valence-electron chi connectivity index (χ0n) is 18.8. The third-order valence-electron chi connectivity index (χ3n) is 6.02. The predicted molar refractivity (Wildman–Crippen MR) is 124 cm³/mol. The lowest BCUT2D eigenvalue weighted by molar-refractivity contribution is -0.189. The molecule has 0 aromatic heterocycles. The molecule has 0 aliphatic carbocycles. The van der Waals surface area contributed by atoms with E-state index in [9.17, 15) is 13.2 Å². The van der Waals surface area contributed by atoms with Gasteiger partial charge in [0.2, 0.25) is 0 Å². The maximum Gasteiger partial charge on any atom is 0.166 e. The summed E-state index contributed by atoms with van der Waals surface area (Å²) in [6.07, 6.45) is 5.49. The van der Waals surface area contributed by atoms with Gasteiger partial charge in [0.15, 0.2) is 17.9 Å². The standard InChI is InChI=1S/C28H27F3O2/c1-3-4-5-6-26-32-16-22(17-33-26)23-14-12-21(15-25(23)29)19-8-10-20(11-9-19)24-13-7-18(2)27(30)28(24)31/h3-4,7-15,22,26H,5-6,16-17H2,1-2H3. The molecule has 0 unspecified atom stereocenters. The third-order valence-corrected chi connectivity index (χ3v) is 6.02. The largest absolute Gasteiger partial charge is 0.352 e. The molecule has 1 saturated heterocycles. The number of hydrogen-bond acceptors (Lipinski definition) is 2. The van der Waals surface area contributed by atoms with Crippen LogP contribution in [0.5, 0.6) is 0 Å². The topological polar surface area (TPSA) is 18.5 Å². The molecule has 1 heterocycles. The molecule has 1 aliphatic heterocycles. The Morgan fingerprint density at radius 3 is 2.18 bits per heavy atom. The van der Waals surface area contributed by atoms with Crippen molar-refractivity contribution >= 4 is 0 Å². The summed E-state index contributed by atoms with van der Waals surface area (Å²) in [5, 5.41) is 0. The Bertz CT molecular complexity index is 1130. The molecule has 3 aromatic carbocycles. The van der Waals surface area contributed by atoms with Crippen LogP contribution in [-0.4, -0.2) is 19.5 Å². The molecular formula is C28H27F3O2. The van der Waals surface area contributed by atoms with Gasteiger partial charge < -0.3 is 9.47 Å². The van der Waals surface area contributed by atoms with Gasteiger partial charge in [0.05, 0.1) is 13.2 Å². The maximum atomic E-state index is 14.9. The molecule has 0 radical (unpaired) electrons. The van der Waals surface area contributed by atoms with E-state index >= 15 is 0 Å². The van der Waals surface area contributed by atoms with Gasteiger partial charge in [-0.2, -0.15) is 0 Å². The summed E-state index contributed by atoms with van der Waals surface area (Å²) >= 11 is 0. The first-order valence-electron chi connectivity index (χ1n) is 11.2. The second-order valence-electron chi connectivity index (χ2n) is 8.31. The number of ether oxygens (including phenoxy) is 2. The van der Waals surface area contributed by atoms with Gasteiger partial charge in [-0.1, -0.05) is 60.7 Å². The van der Waals surface area contributed by atoms with Crippen LogP contribution in [-0.2, 0) is 9.47 Å². The van der Waals surface area contributed by atoms with Crippen molar-refractivity contribution in [2.24, 2.45) is 0 Å². The van der Waals surface area contributed by atoms with Crippen LogP contribution in [0, 0.1) is 24.4 Å². The van der Waals surface area contributed by atoms with E-state index in [4.69, 9.17) is 9.47 Å². The molecule has 0 N–H and O–H groups in total. The molecule has 4 rings (SSSR count). The Morgan fingerprint density at radius 2 is 1.52 bits per heavy atom. The number of halogens is 3. The normalized spacial score (nSPS) is 18.7. The zero-order valence-corrected chi connectivity index (χ0v) is 18.8. The van der Waals surface area contributed by atoms with Gasteiger partial charge >= 0.3 is 0 Å². The number of aryl methyl sites for hydroxylation is 1. The molecule has 5 heteroatoms. The molecular weight excluding hydrogens is 425 g/mol. The monoisotopic (exact) mass is 452 g/mol. The first-order valence-corrected chi connectivity index (χ1v) is 11.2. The smallest absolute Gasteiger partial charge is 0.166 e. The highest BCUT2D eigenvalue weighted by atomic mass is 19.2.